The van der Waals surface area contributed by atoms with Gasteiger partial charge in [0.2, 0.25) is 0 Å². The van der Waals surface area contributed by atoms with Crippen LogP contribution in [-0.4, -0.2) is 24.4 Å². The van der Waals surface area contributed by atoms with Crippen LogP contribution < -0.4 is 10.1 Å². The fourth-order valence-electron chi connectivity index (χ4n) is 1.41. The number of rotatable bonds is 6. The zero-order valence-electron chi connectivity index (χ0n) is 10.6. The van der Waals surface area contributed by atoms with E-state index in [-0.39, 0.29) is 0 Å². The molecular weight excluding hydrogens is 282 g/mol. The van der Waals surface area contributed by atoms with Crippen LogP contribution in [0.3, 0.4) is 0 Å². The standard InChI is InChI=1S/C13H20BrNO2/c1-4-13(2,16)9-15-8-10-7-11(17-3)5-6-12(10)14/h5-7,15-16H,4,8-9H2,1-3H3. The van der Waals surface area contributed by atoms with Gasteiger partial charge < -0.3 is 15.2 Å². The van der Waals surface area contributed by atoms with Gasteiger partial charge in [0.25, 0.3) is 0 Å². The predicted octanol–water partition coefficient (Wildman–Crippen LogP) is 2.71. The van der Waals surface area contributed by atoms with Crippen molar-refractivity contribution in [3.63, 3.8) is 0 Å². The second-order valence-electron chi connectivity index (χ2n) is 4.41. The van der Waals surface area contributed by atoms with Crippen LogP contribution in [0.25, 0.3) is 0 Å². The van der Waals surface area contributed by atoms with Crippen molar-refractivity contribution in [2.24, 2.45) is 0 Å². The summed E-state index contributed by atoms with van der Waals surface area (Å²) >= 11 is 3.50. The van der Waals surface area contributed by atoms with E-state index in [1.807, 2.05) is 32.0 Å². The van der Waals surface area contributed by atoms with Crippen LogP contribution in [0.4, 0.5) is 0 Å². The Morgan fingerprint density at radius 3 is 2.76 bits per heavy atom. The van der Waals surface area contributed by atoms with Gasteiger partial charge in [0.1, 0.15) is 5.75 Å². The molecule has 1 aromatic carbocycles. The zero-order valence-corrected chi connectivity index (χ0v) is 12.2. The van der Waals surface area contributed by atoms with E-state index < -0.39 is 5.60 Å². The van der Waals surface area contributed by atoms with E-state index in [0.29, 0.717) is 13.1 Å². The predicted molar refractivity (Wildman–Crippen MR) is 73.3 cm³/mol. The van der Waals surface area contributed by atoms with Crippen molar-refractivity contribution in [2.45, 2.75) is 32.4 Å². The van der Waals surface area contributed by atoms with Crippen LogP contribution >= 0.6 is 15.9 Å². The minimum absolute atomic E-state index is 0.577. The molecule has 0 aliphatic carbocycles. The summed E-state index contributed by atoms with van der Waals surface area (Å²) in [5, 5.41) is 13.1. The Labute approximate surface area is 111 Å². The summed E-state index contributed by atoms with van der Waals surface area (Å²) in [6.45, 7) is 5.09. The largest absolute Gasteiger partial charge is 0.497 e. The van der Waals surface area contributed by atoms with Crippen molar-refractivity contribution in [1.29, 1.82) is 0 Å². The average Bonchev–Trinajstić information content (AvgIpc) is 2.31. The fourth-order valence-corrected chi connectivity index (χ4v) is 1.79. The van der Waals surface area contributed by atoms with Crippen LogP contribution in [0.2, 0.25) is 0 Å². The Morgan fingerprint density at radius 1 is 1.47 bits per heavy atom. The third kappa shape index (κ3) is 4.66. The van der Waals surface area contributed by atoms with E-state index in [2.05, 4.69) is 21.2 Å². The topological polar surface area (TPSA) is 41.5 Å². The lowest BCUT2D eigenvalue weighted by molar-refractivity contribution is 0.0555. The number of hydrogen-bond donors (Lipinski definition) is 2. The number of methoxy groups -OCH3 is 1. The molecular formula is C13H20BrNO2. The fraction of sp³-hybridized carbons (Fsp3) is 0.538. The number of hydrogen-bond acceptors (Lipinski definition) is 3. The lowest BCUT2D eigenvalue weighted by Crippen LogP contribution is -2.36. The molecule has 4 heteroatoms. The molecule has 0 aliphatic heterocycles. The van der Waals surface area contributed by atoms with Crippen LogP contribution in [0.15, 0.2) is 22.7 Å². The molecule has 0 fully saturated rings. The number of benzene rings is 1. The Balaban J connectivity index is 2.57. The Kier molecular flexibility index (Phi) is 5.43. The van der Waals surface area contributed by atoms with Gasteiger partial charge in [-0.3, -0.25) is 0 Å². The van der Waals surface area contributed by atoms with Crippen molar-refractivity contribution in [3.05, 3.63) is 28.2 Å². The highest BCUT2D eigenvalue weighted by Gasteiger charge is 2.16. The third-order valence-corrected chi connectivity index (χ3v) is 3.61. The molecule has 0 saturated heterocycles. The minimum Gasteiger partial charge on any atom is -0.497 e. The highest BCUT2D eigenvalue weighted by molar-refractivity contribution is 9.10. The molecule has 3 nitrogen and oxygen atoms in total. The Bertz CT molecular complexity index is 366. The quantitative estimate of drug-likeness (QED) is 0.849. The monoisotopic (exact) mass is 301 g/mol. The smallest absolute Gasteiger partial charge is 0.119 e. The Hall–Kier alpha value is -0.580. The third-order valence-electron chi connectivity index (χ3n) is 2.84. The molecule has 0 heterocycles. The molecule has 96 valence electrons. The molecule has 0 bridgehead atoms. The number of halogens is 1. The van der Waals surface area contributed by atoms with Gasteiger partial charge in [-0.15, -0.1) is 0 Å². The molecule has 0 saturated carbocycles. The average molecular weight is 302 g/mol. The molecule has 0 aliphatic rings. The van der Waals surface area contributed by atoms with Crippen LogP contribution in [-0.2, 0) is 6.54 Å². The van der Waals surface area contributed by atoms with Gasteiger partial charge in [0.05, 0.1) is 12.7 Å². The molecule has 1 unspecified atom stereocenters. The van der Waals surface area contributed by atoms with Crippen molar-refractivity contribution >= 4 is 15.9 Å². The maximum atomic E-state index is 9.87. The van der Waals surface area contributed by atoms with Crippen molar-refractivity contribution < 1.29 is 9.84 Å². The molecule has 0 radical (unpaired) electrons. The maximum Gasteiger partial charge on any atom is 0.119 e. The second kappa shape index (κ2) is 6.38. The van der Waals surface area contributed by atoms with Crippen molar-refractivity contribution in [1.82, 2.24) is 5.32 Å². The molecule has 0 spiro atoms. The van der Waals surface area contributed by atoms with Gasteiger partial charge in [-0.1, -0.05) is 22.9 Å². The van der Waals surface area contributed by atoms with Crippen molar-refractivity contribution in [3.8, 4) is 5.75 Å². The summed E-state index contributed by atoms with van der Waals surface area (Å²) in [7, 11) is 1.66. The van der Waals surface area contributed by atoms with Gasteiger partial charge in [-0.2, -0.15) is 0 Å². The van der Waals surface area contributed by atoms with E-state index in [1.165, 1.54) is 0 Å². The highest BCUT2D eigenvalue weighted by Crippen LogP contribution is 2.22. The van der Waals surface area contributed by atoms with Crippen LogP contribution in [0.1, 0.15) is 25.8 Å². The van der Waals surface area contributed by atoms with Crippen LogP contribution in [0.5, 0.6) is 5.75 Å². The zero-order chi connectivity index (χ0) is 12.9. The molecule has 17 heavy (non-hydrogen) atoms. The Morgan fingerprint density at radius 2 is 2.18 bits per heavy atom. The number of aliphatic hydroxyl groups is 1. The van der Waals surface area contributed by atoms with Crippen LogP contribution in [0, 0.1) is 0 Å². The first-order valence-electron chi connectivity index (χ1n) is 5.74. The highest BCUT2D eigenvalue weighted by atomic mass is 79.9. The SMILES string of the molecule is CCC(C)(O)CNCc1cc(OC)ccc1Br. The summed E-state index contributed by atoms with van der Waals surface area (Å²) in [5.74, 6) is 0.840. The number of ether oxygens (including phenoxy) is 1. The molecule has 0 aromatic heterocycles. The lowest BCUT2D eigenvalue weighted by atomic mass is 10.0. The van der Waals surface area contributed by atoms with E-state index in [9.17, 15) is 5.11 Å². The van der Waals surface area contributed by atoms with Gasteiger partial charge in [0, 0.05) is 17.6 Å². The van der Waals surface area contributed by atoms with Gasteiger partial charge in [0.15, 0.2) is 0 Å². The molecule has 1 rings (SSSR count). The van der Waals surface area contributed by atoms with E-state index >= 15 is 0 Å². The van der Waals surface area contributed by atoms with E-state index in [4.69, 9.17) is 4.74 Å². The molecule has 1 aromatic rings. The summed E-state index contributed by atoms with van der Waals surface area (Å²) in [5.41, 5.74) is 0.474. The summed E-state index contributed by atoms with van der Waals surface area (Å²) < 4.78 is 6.22. The minimum atomic E-state index is -0.647. The summed E-state index contributed by atoms with van der Waals surface area (Å²) in [4.78, 5) is 0. The first-order valence-corrected chi connectivity index (χ1v) is 6.53. The molecule has 2 N–H and O–H groups in total. The lowest BCUT2D eigenvalue weighted by Gasteiger charge is -2.21. The van der Waals surface area contributed by atoms with E-state index in [1.54, 1.807) is 7.11 Å². The summed E-state index contributed by atoms with van der Waals surface area (Å²) in [6, 6.07) is 5.86. The normalized spacial score (nSPS) is 14.4. The second-order valence-corrected chi connectivity index (χ2v) is 5.27. The van der Waals surface area contributed by atoms with Crippen molar-refractivity contribution in [2.75, 3.05) is 13.7 Å². The van der Waals surface area contributed by atoms with Gasteiger partial charge in [-0.25, -0.2) is 0 Å². The molecule has 0 amide bonds. The van der Waals surface area contributed by atoms with E-state index in [0.717, 1.165) is 22.2 Å². The molecule has 1 atom stereocenters. The van der Waals surface area contributed by atoms with Gasteiger partial charge >= 0.3 is 0 Å². The maximum absolute atomic E-state index is 9.87. The first kappa shape index (κ1) is 14.5. The first-order chi connectivity index (χ1) is 7.98. The summed E-state index contributed by atoms with van der Waals surface area (Å²) in [6.07, 6.45) is 0.735. The van der Waals surface area contributed by atoms with Gasteiger partial charge in [-0.05, 0) is 37.1 Å². The number of nitrogens with one attached hydrogen (secondary N) is 1.